The Morgan fingerprint density at radius 1 is 1.70 bits per heavy atom. The molecule has 0 amide bonds. The smallest absolute Gasteiger partial charge is 0.101 e. The summed E-state index contributed by atoms with van der Waals surface area (Å²) in [5, 5.41) is 8.85. The van der Waals surface area contributed by atoms with E-state index in [0.29, 0.717) is 16.2 Å². The minimum absolute atomic E-state index is 0.356. The summed E-state index contributed by atoms with van der Waals surface area (Å²) in [4.78, 5) is 0. The molecule has 0 N–H and O–H groups in total. The Morgan fingerprint density at radius 3 is 2.30 bits per heavy atom. The van der Waals surface area contributed by atoms with Crippen molar-refractivity contribution in [3.63, 3.8) is 0 Å². The number of nitrogens with zero attached hydrogens (tertiary/aromatic N) is 1. The number of allylic oxidation sites excluding steroid dienone is 4. The molecule has 0 saturated carbocycles. The summed E-state index contributed by atoms with van der Waals surface area (Å²) in [6.07, 6.45) is 1.43. The number of halogens is 1. The zero-order chi connectivity index (χ0) is 8.15. The Labute approximate surface area is 65.9 Å². The molecule has 2 heteroatoms. The van der Waals surface area contributed by atoms with Gasteiger partial charge in [-0.1, -0.05) is 24.8 Å². The Morgan fingerprint density at radius 2 is 2.20 bits per heavy atom. The maximum absolute atomic E-state index is 8.50. The normalized spacial score (nSPS) is 11.3. The molecular weight excluding hydrogens is 146 g/mol. The summed E-state index contributed by atoms with van der Waals surface area (Å²) < 4.78 is 0. The Hall–Kier alpha value is -1.00. The zero-order valence-electron chi connectivity index (χ0n) is 5.82. The molecule has 1 nitrogen and oxygen atoms in total. The second-order valence-corrected chi connectivity index (χ2v) is 2.23. The molecule has 0 aliphatic heterocycles. The summed E-state index contributed by atoms with van der Waals surface area (Å²) >= 11 is 5.60. The van der Waals surface area contributed by atoms with Gasteiger partial charge in [-0.15, -0.1) is 0 Å². The molecule has 0 spiro atoms. The fourth-order valence-corrected chi connectivity index (χ4v) is 0.658. The number of hydrogen-bond donors (Lipinski definition) is 0. The average molecular weight is 154 g/mol. The maximum Gasteiger partial charge on any atom is 0.101 e. The van der Waals surface area contributed by atoms with Crippen molar-refractivity contribution < 1.29 is 0 Å². The minimum Gasteiger partial charge on any atom is -0.192 e. The molecule has 0 saturated heterocycles. The van der Waals surface area contributed by atoms with Crippen LogP contribution < -0.4 is 0 Å². The first kappa shape index (κ1) is 9.00. The molecule has 0 atom stereocenters. The second kappa shape index (κ2) is 3.92. The standard InChI is InChI=1S/C8H8ClN/c1-4-8(9)7(5-10)6(2)3/h4H,1-2H2,3H3/b8-7+. The van der Waals surface area contributed by atoms with Crippen LogP contribution in [0.5, 0.6) is 0 Å². The van der Waals surface area contributed by atoms with Crippen molar-refractivity contribution in [1.82, 2.24) is 0 Å². The summed E-state index contributed by atoms with van der Waals surface area (Å²) in [7, 11) is 0. The molecule has 0 radical (unpaired) electrons. The summed E-state index contributed by atoms with van der Waals surface area (Å²) in [6, 6.07) is 1.93. The molecule has 0 aromatic carbocycles. The van der Waals surface area contributed by atoms with Gasteiger partial charge in [0, 0.05) is 0 Å². The van der Waals surface area contributed by atoms with Crippen LogP contribution in [0, 0.1) is 11.3 Å². The van der Waals surface area contributed by atoms with Crippen molar-refractivity contribution in [3.05, 3.63) is 35.4 Å². The third-order valence-electron chi connectivity index (χ3n) is 0.957. The lowest BCUT2D eigenvalue weighted by atomic mass is 10.1. The monoisotopic (exact) mass is 153 g/mol. The van der Waals surface area contributed by atoms with E-state index in [1.54, 1.807) is 6.92 Å². The van der Waals surface area contributed by atoms with Gasteiger partial charge in [-0.2, -0.15) is 5.26 Å². The van der Waals surface area contributed by atoms with E-state index in [0.717, 1.165) is 0 Å². The van der Waals surface area contributed by atoms with Gasteiger partial charge in [0.2, 0.25) is 0 Å². The molecule has 0 aliphatic rings. The van der Waals surface area contributed by atoms with E-state index in [4.69, 9.17) is 16.9 Å². The minimum atomic E-state index is 0.356. The molecule has 10 heavy (non-hydrogen) atoms. The van der Waals surface area contributed by atoms with Gasteiger partial charge in [-0.3, -0.25) is 0 Å². The topological polar surface area (TPSA) is 23.8 Å². The lowest BCUT2D eigenvalue weighted by Crippen LogP contribution is -1.81. The number of nitriles is 1. The summed E-state index contributed by atoms with van der Waals surface area (Å²) in [5.74, 6) is 0. The number of hydrogen-bond acceptors (Lipinski definition) is 1. The van der Waals surface area contributed by atoms with Crippen LogP contribution in [-0.4, -0.2) is 0 Å². The van der Waals surface area contributed by atoms with Crippen LogP contribution in [-0.2, 0) is 0 Å². The van der Waals surface area contributed by atoms with Crippen molar-refractivity contribution in [2.45, 2.75) is 6.92 Å². The molecule has 0 bridgehead atoms. The van der Waals surface area contributed by atoms with Gasteiger partial charge < -0.3 is 0 Å². The van der Waals surface area contributed by atoms with Crippen molar-refractivity contribution in [1.29, 1.82) is 5.26 Å². The van der Waals surface area contributed by atoms with E-state index in [2.05, 4.69) is 13.2 Å². The van der Waals surface area contributed by atoms with E-state index >= 15 is 0 Å². The van der Waals surface area contributed by atoms with Gasteiger partial charge in [0.05, 0.1) is 10.6 Å². The van der Waals surface area contributed by atoms with Crippen molar-refractivity contribution in [2.24, 2.45) is 0 Å². The van der Waals surface area contributed by atoms with Gasteiger partial charge >= 0.3 is 0 Å². The molecule has 0 heterocycles. The quantitative estimate of drug-likeness (QED) is 0.442. The first-order valence-corrected chi connectivity index (χ1v) is 3.09. The maximum atomic E-state index is 8.50. The third-order valence-corrected chi connectivity index (χ3v) is 1.30. The molecule has 0 aromatic rings. The Bertz CT molecular complexity index is 230. The highest BCUT2D eigenvalue weighted by molar-refractivity contribution is 6.32. The van der Waals surface area contributed by atoms with E-state index in [1.807, 2.05) is 6.07 Å². The van der Waals surface area contributed by atoms with Gasteiger partial charge in [-0.05, 0) is 18.6 Å². The molecule has 0 aromatic heterocycles. The van der Waals surface area contributed by atoms with Crippen LogP contribution in [0.1, 0.15) is 6.92 Å². The van der Waals surface area contributed by atoms with Crippen molar-refractivity contribution in [3.8, 4) is 6.07 Å². The van der Waals surface area contributed by atoms with Crippen LogP contribution in [0.3, 0.4) is 0 Å². The predicted molar refractivity (Wildman–Crippen MR) is 43.5 cm³/mol. The highest BCUT2D eigenvalue weighted by Crippen LogP contribution is 2.15. The molecule has 0 rings (SSSR count). The molecular formula is C8H8ClN. The fourth-order valence-electron chi connectivity index (χ4n) is 0.455. The third kappa shape index (κ3) is 2.08. The van der Waals surface area contributed by atoms with Crippen LogP contribution in [0.2, 0.25) is 0 Å². The Kier molecular flexibility index (Phi) is 3.53. The van der Waals surface area contributed by atoms with E-state index in [9.17, 15) is 0 Å². The zero-order valence-corrected chi connectivity index (χ0v) is 6.57. The SMILES string of the molecule is C=C/C(Cl)=C(/C#N)C(=C)C. The molecule has 0 fully saturated rings. The fraction of sp³-hybridized carbons (Fsp3) is 0.125. The van der Waals surface area contributed by atoms with Crippen LogP contribution in [0.15, 0.2) is 35.4 Å². The van der Waals surface area contributed by atoms with Gasteiger partial charge in [0.1, 0.15) is 6.07 Å². The van der Waals surface area contributed by atoms with Crippen LogP contribution >= 0.6 is 11.6 Å². The van der Waals surface area contributed by atoms with Gasteiger partial charge in [-0.25, -0.2) is 0 Å². The van der Waals surface area contributed by atoms with E-state index in [1.165, 1.54) is 6.08 Å². The lowest BCUT2D eigenvalue weighted by Gasteiger charge is -1.95. The second-order valence-electron chi connectivity index (χ2n) is 1.82. The van der Waals surface area contributed by atoms with Crippen LogP contribution in [0.25, 0.3) is 0 Å². The first-order chi connectivity index (χ1) is 4.63. The molecule has 0 aliphatic carbocycles. The van der Waals surface area contributed by atoms with E-state index < -0.39 is 0 Å². The highest BCUT2D eigenvalue weighted by atomic mass is 35.5. The Balaban J connectivity index is 4.86. The largest absolute Gasteiger partial charge is 0.192 e. The van der Waals surface area contributed by atoms with E-state index in [-0.39, 0.29) is 0 Å². The highest BCUT2D eigenvalue weighted by Gasteiger charge is 1.99. The van der Waals surface area contributed by atoms with Gasteiger partial charge in [0.25, 0.3) is 0 Å². The van der Waals surface area contributed by atoms with Crippen molar-refractivity contribution in [2.75, 3.05) is 0 Å². The summed E-state index contributed by atoms with van der Waals surface area (Å²) in [5.41, 5.74) is 1.06. The van der Waals surface area contributed by atoms with Crippen molar-refractivity contribution >= 4 is 11.6 Å². The summed E-state index contributed by atoms with van der Waals surface area (Å²) in [6.45, 7) is 8.74. The molecule has 52 valence electrons. The molecule has 0 unspecified atom stereocenters. The number of rotatable bonds is 2. The van der Waals surface area contributed by atoms with Gasteiger partial charge in [0.15, 0.2) is 0 Å². The predicted octanol–water partition coefficient (Wildman–Crippen LogP) is 2.76. The lowest BCUT2D eigenvalue weighted by molar-refractivity contribution is 1.41. The van der Waals surface area contributed by atoms with Crippen LogP contribution in [0.4, 0.5) is 0 Å². The first-order valence-electron chi connectivity index (χ1n) is 2.71. The average Bonchev–Trinajstić information content (AvgIpc) is 1.88.